The molecular weight excluding hydrogens is 294 g/mol. The van der Waals surface area contributed by atoms with Gasteiger partial charge >= 0.3 is 5.97 Å². The van der Waals surface area contributed by atoms with Crippen LogP contribution in [0.3, 0.4) is 0 Å². The van der Waals surface area contributed by atoms with E-state index in [1.54, 1.807) is 26.0 Å². The van der Waals surface area contributed by atoms with Gasteiger partial charge in [0.1, 0.15) is 5.75 Å². The minimum Gasteiger partial charge on any atom is -0.495 e. The molecule has 0 aliphatic carbocycles. The molecule has 21 heavy (non-hydrogen) atoms. The molecule has 0 saturated carbocycles. The molecule has 0 fully saturated rings. The van der Waals surface area contributed by atoms with Crippen molar-refractivity contribution in [2.75, 3.05) is 12.4 Å². The SMILES string of the molecule is COc1cc(Cl)c(C)cc1NC(=O)C(C)OC(=O)C(C)C. The van der Waals surface area contributed by atoms with Crippen LogP contribution in [0.15, 0.2) is 12.1 Å². The maximum Gasteiger partial charge on any atom is 0.309 e. The van der Waals surface area contributed by atoms with E-state index in [4.69, 9.17) is 21.1 Å². The zero-order valence-corrected chi connectivity index (χ0v) is 13.6. The van der Waals surface area contributed by atoms with E-state index in [0.29, 0.717) is 16.5 Å². The van der Waals surface area contributed by atoms with E-state index in [1.165, 1.54) is 14.0 Å². The van der Waals surface area contributed by atoms with Crippen molar-refractivity contribution < 1.29 is 19.1 Å². The number of rotatable bonds is 5. The third-order valence-electron chi connectivity index (χ3n) is 2.87. The number of hydrogen-bond acceptors (Lipinski definition) is 4. The summed E-state index contributed by atoms with van der Waals surface area (Å²) in [5.74, 6) is -0.685. The van der Waals surface area contributed by atoms with Gasteiger partial charge in [-0.25, -0.2) is 0 Å². The fraction of sp³-hybridized carbons (Fsp3) is 0.467. The minimum atomic E-state index is -0.888. The van der Waals surface area contributed by atoms with E-state index < -0.39 is 18.0 Å². The van der Waals surface area contributed by atoms with E-state index in [0.717, 1.165) is 5.56 Å². The van der Waals surface area contributed by atoms with Gasteiger partial charge in [-0.1, -0.05) is 25.4 Å². The van der Waals surface area contributed by atoms with E-state index in [1.807, 2.05) is 6.92 Å². The second-order valence-corrected chi connectivity index (χ2v) is 5.43. The van der Waals surface area contributed by atoms with E-state index in [-0.39, 0.29) is 5.92 Å². The highest BCUT2D eigenvalue weighted by molar-refractivity contribution is 6.31. The number of amides is 1. The summed E-state index contributed by atoms with van der Waals surface area (Å²) in [6.45, 7) is 6.75. The van der Waals surface area contributed by atoms with Gasteiger partial charge in [0.2, 0.25) is 0 Å². The van der Waals surface area contributed by atoms with Crippen molar-refractivity contribution in [2.45, 2.75) is 33.8 Å². The minimum absolute atomic E-state index is 0.285. The Kier molecular flexibility index (Phi) is 6.03. The van der Waals surface area contributed by atoms with E-state index in [2.05, 4.69) is 5.32 Å². The first-order valence-corrected chi connectivity index (χ1v) is 6.99. The molecule has 1 rings (SSSR count). The summed E-state index contributed by atoms with van der Waals surface area (Å²) in [7, 11) is 1.48. The number of anilines is 1. The predicted molar refractivity (Wildman–Crippen MR) is 81.8 cm³/mol. The lowest BCUT2D eigenvalue weighted by Gasteiger charge is -2.17. The monoisotopic (exact) mass is 313 g/mol. The summed E-state index contributed by atoms with van der Waals surface area (Å²) < 4.78 is 10.2. The van der Waals surface area contributed by atoms with Crippen molar-refractivity contribution in [1.29, 1.82) is 0 Å². The molecule has 1 N–H and O–H groups in total. The van der Waals surface area contributed by atoms with Gasteiger partial charge in [0.25, 0.3) is 5.91 Å². The molecule has 1 aromatic carbocycles. The number of ether oxygens (including phenoxy) is 2. The lowest BCUT2D eigenvalue weighted by molar-refractivity contribution is -0.156. The quantitative estimate of drug-likeness (QED) is 0.848. The first-order chi connectivity index (χ1) is 9.76. The van der Waals surface area contributed by atoms with Crippen molar-refractivity contribution in [3.05, 3.63) is 22.7 Å². The van der Waals surface area contributed by atoms with Crippen LogP contribution in [0.2, 0.25) is 5.02 Å². The molecule has 5 nitrogen and oxygen atoms in total. The Morgan fingerprint density at radius 2 is 1.86 bits per heavy atom. The van der Waals surface area contributed by atoms with Gasteiger partial charge in [-0.3, -0.25) is 9.59 Å². The molecule has 1 unspecified atom stereocenters. The first kappa shape index (κ1) is 17.3. The second kappa shape index (κ2) is 7.31. The maximum atomic E-state index is 12.1. The summed E-state index contributed by atoms with van der Waals surface area (Å²) in [5.41, 5.74) is 1.29. The molecule has 0 radical (unpaired) electrons. The molecule has 0 saturated heterocycles. The largest absolute Gasteiger partial charge is 0.495 e. The topological polar surface area (TPSA) is 64.6 Å². The fourth-order valence-electron chi connectivity index (χ4n) is 1.53. The van der Waals surface area contributed by atoms with Gasteiger partial charge < -0.3 is 14.8 Å². The van der Waals surface area contributed by atoms with Gasteiger partial charge in [0.05, 0.1) is 18.7 Å². The van der Waals surface area contributed by atoms with Crippen LogP contribution in [0, 0.1) is 12.8 Å². The Morgan fingerprint density at radius 1 is 1.24 bits per heavy atom. The van der Waals surface area contributed by atoms with E-state index >= 15 is 0 Å². The molecule has 0 bridgehead atoms. The Bertz CT molecular complexity index is 543. The van der Waals surface area contributed by atoms with Crippen LogP contribution in [-0.4, -0.2) is 25.1 Å². The van der Waals surface area contributed by atoms with Crippen molar-refractivity contribution in [3.63, 3.8) is 0 Å². The smallest absolute Gasteiger partial charge is 0.309 e. The number of methoxy groups -OCH3 is 1. The maximum absolute atomic E-state index is 12.1. The molecule has 1 atom stereocenters. The number of esters is 1. The third-order valence-corrected chi connectivity index (χ3v) is 3.28. The van der Waals surface area contributed by atoms with Crippen molar-refractivity contribution >= 4 is 29.2 Å². The molecule has 6 heteroatoms. The number of carbonyl (C=O) groups is 2. The number of benzene rings is 1. The zero-order chi connectivity index (χ0) is 16.2. The number of aryl methyl sites for hydroxylation is 1. The molecule has 116 valence electrons. The molecule has 1 amide bonds. The molecule has 0 heterocycles. The lowest BCUT2D eigenvalue weighted by Crippen LogP contribution is -2.31. The Morgan fingerprint density at radius 3 is 2.38 bits per heavy atom. The van der Waals surface area contributed by atoms with Gasteiger partial charge in [0.15, 0.2) is 6.10 Å². The van der Waals surface area contributed by atoms with Gasteiger partial charge in [-0.05, 0) is 25.5 Å². The highest BCUT2D eigenvalue weighted by Crippen LogP contribution is 2.31. The summed E-state index contributed by atoms with van der Waals surface area (Å²) in [6.07, 6.45) is -0.888. The first-order valence-electron chi connectivity index (χ1n) is 6.61. The van der Waals surface area contributed by atoms with Crippen molar-refractivity contribution in [2.24, 2.45) is 5.92 Å². The van der Waals surface area contributed by atoms with E-state index in [9.17, 15) is 9.59 Å². The predicted octanol–water partition coefficient (Wildman–Crippen LogP) is 3.18. The van der Waals surface area contributed by atoms with Crippen LogP contribution in [0.4, 0.5) is 5.69 Å². The summed E-state index contributed by atoms with van der Waals surface area (Å²) in [5, 5.41) is 3.22. The Labute approximate surface area is 129 Å². The van der Waals surface area contributed by atoms with Crippen LogP contribution >= 0.6 is 11.6 Å². The molecule has 0 aliphatic heterocycles. The van der Waals surface area contributed by atoms with Crippen molar-refractivity contribution in [1.82, 2.24) is 0 Å². The average molecular weight is 314 g/mol. The zero-order valence-electron chi connectivity index (χ0n) is 12.8. The Balaban J connectivity index is 2.83. The van der Waals surface area contributed by atoms with Crippen molar-refractivity contribution in [3.8, 4) is 5.75 Å². The molecule has 0 spiro atoms. The molecule has 0 aliphatic rings. The van der Waals surface area contributed by atoms with Crippen LogP contribution < -0.4 is 10.1 Å². The Hall–Kier alpha value is -1.75. The highest BCUT2D eigenvalue weighted by atomic mass is 35.5. The van der Waals surface area contributed by atoms with Crippen LogP contribution in [-0.2, 0) is 14.3 Å². The van der Waals surface area contributed by atoms with Gasteiger partial charge in [0, 0.05) is 11.1 Å². The highest BCUT2D eigenvalue weighted by Gasteiger charge is 2.21. The fourth-order valence-corrected chi connectivity index (χ4v) is 1.68. The molecule has 0 aromatic heterocycles. The summed E-state index contributed by atoms with van der Waals surface area (Å²) in [6, 6.07) is 3.33. The van der Waals surface area contributed by atoms with Crippen LogP contribution in [0.25, 0.3) is 0 Å². The standard InChI is InChI=1S/C15H20ClNO4/c1-8(2)15(19)21-10(4)14(18)17-12-6-9(3)11(16)7-13(12)20-5/h6-8,10H,1-5H3,(H,17,18). The number of nitrogens with one attached hydrogen (secondary N) is 1. The summed E-state index contributed by atoms with van der Waals surface area (Å²) in [4.78, 5) is 23.5. The van der Waals surface area contributed by atoms with Crippen LogP contribution in [0.1, 0.15) is 26.3 Å². The number of hydrogen-bond donors (Lipinski definition) is 1. The normalized spacial score (nSPS) is 12.0. The number of carbonyl (C=O) groups excluding carboxylic acids is 2. The number of halogens is 1. The summed E-state index contributed by atoms with van der Waals surface area (Å²) >= 11 is 6.01. The molecular formula is C15H20ClNO4. The molecule has 1 aromatic rings. The lowest BCUT2D eigenvalue weighted by atomic mass is 10.2. The van der Waals surface area contributed by atoms with Gasteiger partial charge in [-0.15, -0.1) is 0 Å². The average Bonchev–Trinajstić information content (AvgIpc) is 2.42. The third kappa shape index (κ3) is 4.63. The van der Waals surface area contributed by atoms with Crippen LogP contribution in [0.5, 0.6) is 5.75 Å². The van der Waals surface area contributed by atoms with Gasteiger partial charge in [-0.2, -0.15) is 0 Å². The second-order valence-electron chi connectivity index (χ2n) is 5.02.